The third-order valence-electron chi connectivity index (χ3n) is 4.37. The van der Waals surface area contributed by atoms with Crippen molar-refractivity contribution in [3.63, 3.8) is 0 Å². The predicted molar refractivity (Wildman–Crippen MR) is 108 cm³/mol. The highest BCUT2D eigenvalue weighted by Crippen LogP contribution is 2.14. The number of Topliss-reactive ketones (excluding diaryl/α,β-unsaturated/α-hetero) is 1. The number of amides is 1. The molecule has 0 aliphatic rings. The van der Waals surface area contributed by atoms with E-state index in [1.54, 1.807) is 59.4 Å². The van der Waals surface area contributed by atoms with E-state index in [4.69, 9.17) is 4.74 Å². The average molecular weight is 391 g/mol. The summed E-state index contributed by atoms with van der Waals surface area (Å²) in [5.74, 6) is -1.19. The summed E-state index contributed by atoms with van der Waals surface area (Å²) in [6.45, 7) is 4.87. The number of aromatic nitrogens is 2. The molecule has 1 heterocycles. The first kappa shape index (κ1) is 20.0. The average Bonchev–Trinajstić information content (AvgIpc) is 3.14. The van der Waals surface area contributed by atoms with Crippen LogP contribution in [0.3, 0.4) is 0 Å². The lowest BCUT2D eigenvalue weighted by molar-refractivity contribution is -0.123. The molecule has 0 saturated carbocycles. The van der Waals surface area contributed by atoms with Gasteiger partial charge in [0.1, 0.15) is 0 Å². The monoisotopic (exact) mass is 391 g/mol. The number of nitrogens with zero attached hydrogens (tertiary/aromatic N) is 2. The van der Waals surface area contributed by atoms with Gasteiger partial charge in [-0.25, -0.2) is 9.48 Å². The number of ether oxygens (including phenoxy) is 1. The molecule has 7 nitrogen and oxygen atoms in total. The molecule has 0 saturated heterocycles. The molecule has 1 aromatic heterocycles. The van der Waals surface area contributed by atoms with Gasteiger partial charge in [0.05, 0.1) is 11.3 Å². The molecule has 0 unspecified atom stereocenters. The molecule has 0 bridgehead atoms. The van der Waals surface area contributed by atoms with Crippen LogP contribution in [0.4, 0.5) is 5.69 Å². The Balaban J connectivity index is 1.62. The lowest BCUT2D eigenvalue weighted by Crippen LogP contribution is -2.30. The predicted octanol–water partition coefficient (Wildman–Crippen LogP) is 3.57. The summed E-state index contributed by atoms with van der Waals surface area (Å²) in [6.07, 6.45) is 0.695. The van der Waals surface area contributed by atoms with Crippen molar-refractivity contribution in [2.24, 2.45) is 0 Å². The molecule has 29 heavy (non-hydrogen) atoms. The van der Waals surface area contributed by atoms with E-state index in [1.165, 1.54) is 13.8 Å². The number of benzene rings is 2. The minimum Gasteiger partial charge on any atom is -0.449 e. The molecule has 148 valence electrons. The van der Waals surface area contributed by atoms with Crippen molar-refractivity contribution in [2.45, 2.75) is 26.9 Å². The Morgan fingerprint density at radius 3 is 2.38 bits per heavy atom. The number of ketones is 1. The van der Waals surface area contributed by atoms with Crippen LogP contribution >= 0.6 is 0 Å². The summed E-state index contributed by atoms with van der Waals surface area (Å²) in [4.78, 5) is 36.1. The normalized spacial score (nSPS) is 11.6. The van der Waals surface area contributed by atoms with E-state index >= 15 is 0 Å². The Labute approximate surface area is 168 Å². The summed E-state index contributed by atoms with van der Waals surface area (Å²) in [5, 5.41) is 6.86. The van der Waals surface area contributed by atoms with Gasteiger partial charge in [-0.3, -0.25) is 9.59 Å². The number of carbonyl (C=O) groups excluding carboxylic acids is 3. The van der Waals surface area contributed by atoms with Crippen molar-refractivity contribution in [3.8, 4) is 5.69 Å². The second kappa shape index (κ2) is 8.52. The summed E-state index contributed by atoms with van der Waals surface area (Å²) >= 11 is 0. The van der Waals surface area contributed by atoms with Crippen LogP contribution in [0.2, 0.25) is 0 Å². The molecule has 0 aliphatic carbocycles. The van der Waals surface area contributed by atoms with Gasteiger partial charge in [-0.05, 0) is 63.2 Å². The Morgan fingerprint density at radius 2 is 1.76 bits per heavy atom. The third-order valence-corrected chi connectivity index (χ3v) is 4.37. The van der Waals surface area contributed by atoms with E-state index in [0.717, 1.165) is 11.4 Å². The Bertz CT molecular complexity index is 1050. The fourth-order valence-corrected chi connectivity index (χ4v) is 2.72. The minimum absolute atomic E-state index is 0.102. The molecule has 2 aromatic carbocycles. The first-order chi connectivity index (χ1) is 13.8. The van der Waals surface area contributed by atoms with Gasteiger partial charge in [0.25, 0.3) is 5.91 Å². The van der Waals surface area contributed by atoms with E-state index in [-0.39, 0.29) is 5.78 Å². The van der Waals surface area contributed by atoms with Gasteiger partial charge < -0.3 is 10.1 Å². The minimum atomic E-state index is -1.00. The van der Waals surface area contributed by atoms with Gasteiger partial charge in [-0.15, -0.1) is 0 Å². The van der Waals surface area contributed by atoms with Gasteiger partial charge >= 0.3 is 5.97 Å². The molecule has 0 spiro atoms. The van der Waals surface area contributed by atoms with Crippen LogP contribution in [0.1, 0.15) is 40.3 Å². The first-order valence-corrected chi connectivity index (χ1v) is 9.09. The highest BCUT2D eigenvalue weighted by molar-refractivity contribution is 5.99. The fraction of sp³-hybridized carbons (Fsp3) is 0.182. The van der Waals surface area contributed by atoms with Crippen LogP contribution in [0.25, 0.3) is 5.69 Å². The van der Waals surface area contributed by atoms with Gasteiger partial charge in [0.15, 0.2) is 11.9 Å². The first-order valence-electron chi connectivity index (χ1n) is 9.09. The number of hydrogen-bond donors (Lipinski definition) is 1. The van der Waals surface area contributed by atoms with Crippen LogP contribution in [-0.4, -0.2) is 33.5 Å². The van der Waals surface area contributed by atoms with Gasteiger partial charge in [-0.2, -0.15) is 5.10 Å². The zero-order chi connectivity index (χ0) is 21.0. The summed E-state index contributed by atoms with van der Waals surface area (Å²) in [6, 6.07) is 15.2. The molecule has 1 amide bonds. The second-order valence-corrected chi connectivity index (χ2v) is 6.61. The third kappa shape index (κ3) is 4.76. The Hall–Kier alpha value is -3.74. The number of nitrogens with one attached hydrogen (secondary N) is 1. The van der Waals surface area contributed by atoms with Crippen LogP contribution in [0.5, 0.6) is 0 Å². The molecular weight excluding hydrogens is 370 g/mol. The molecule has 0 radical (unpaired) electrons. The maximum Gasteiger partial charge on any atom is 0.338 e. The molecule has 1 N–H and O–H groups in total. The van der Waals surface area contributed by atoms with Crippen LogP contribution in [0.15, 0.2) is 60.8 Å². The molecule has 3 aromatic rings. The Kier molecular flexibility index (Phi) is 5.87. The second-order valence-electron chi connectivity index (χ2n) is 6.61. The number of hydrogen-bond acceptors (Lipinski definition) is 5. The Morgan fingerprint density at radius 1 is 1.03 bits per heavy atom. The SMILES string of the molecule is CC(=O)c1cccc(NC(=O)[C@@H](C)OC(=O)c2ccc(-n3nccc3C)cc2)c1. The summed E-state index contributed by atoms with van der Waals surface area (Å²) in [5.41, 5.74) is 3.07. The fourth-order valence-electron chi connectivity index (χ4n) is 2.72. The van der Waals surface area contributed by atoms with Crippen molar-refractivity contribution in [1.29, 1.82) is 0 Å². The zero-order valence-corrected chi connectivity index (χ0v) is 16.4. The molecule has 1 atom stereocenters. The van der Waals surface area contributed by atoms with Crippen molar-refractivity contribution in [1.82, 2.24) is 9.78 Å². The van der Waals surface area contributed by atoms with E-state index in [9.17, 15) is 14.4 Å². The van der Waals surface area contributed by atoms with Crippen LogP contribution in [-0.2, 0) is 9.53 Å². The number of carbonyl (C=O) groups is 3. The topological polar surface area (TPSA) is 90.3 Å². The zero-order valence-electron chi connectivity index (χ0n) is 16.4. The molecular formula is C22H21N3O4. The number of rotatable bonds is 6. The quantitative estimate of drug-likeness (QED) is 0.512. The van der Waals surface area contributed by atoms with E-state index in [2.05, 4.69) is 10.4 Å². The van der Waals surface area contributed by atoms with Gasteiger partial charge in [0.2, 0.25) is 0 Å². The molecule has 0 fully saturated rings. The van der Waals surface area contributed by atoms with Crippen molar-refractivity contribution in [2.75, 3.05) is 5.32 Å². The molecule has 0 aliphatic heterocycles. The molecule has 3 rings (SSSR count). The van der Waals surface area contributed by atoms with Crippen LogP contribution < -0.4 is 5.32 Å². The highest BCUT2D eigenvalue weighted by atomic mass is 16.5. The summed E-state index contributed by atoms with van der Waals surface area (Å²) in [7, 11) is 0. The van der Waals surface area contributed by atoms with E-state index in [0.29, 0.717) is 16.8 Å². The highest BCUT2D eigenvalue weighted by Gasteiger charge is 2.19. The smallest absolute Gasteiger partial charge is 0.338 e. The maximum absolute atomic E-state index is 12.4. The van der Waals surface area contributed by atoms with Gasteiger partial charge in [0, 0.05) is 23.1 Å². The lowest BCUT2D eigenvalue weighted by Gasteiger charge is -2.14. The van der Waals surface area contributed by atoms with Crippen molar-refractivity contribution < 1.29 is 19.1 Å². The maximum atomic E-state index is 12.4. The lowest BCUT2D eigenvalue weighted by atomic mass is 10.1. The van der Waals surface area contributed by atoms with E-state index in [1.807, 2.05) is 13.0 Å². The number of anilines is 1. The number of aryl methyl sites for hydroxylation is 1. The standard InChI is InChI=1S/C22H21N3O4/c1-14-11-12-23-25(14)20-9-7-17(8-10-20)22(28)29-16(3)21(27)24-19-6-4-5-18(13-19)15(2)26/h4-13,16H,1-3H3,(H,24,27)/t16-/m1/s1. The van der Waals surface area contributed by atoms with Crippen LogP contribution in [0, 0.1) is 6.92 Å². The van der Waals surface area contributed by atoms with Crippen molar-refractivity contribution in [3.05, 3.63) is 77.6 Å². The summed E-state index contributed by atoms with van der Waals surface area (Å²) < 4.78 is 7.01. The van der Waals surface area contributed by atoms with Gasteiger partial charge in [-0.1, -0.05) is 12.1 Å². The van der Waals surface area contributed by atoms with Crippen molar-refractivity contribution >= 4 is 23.3 Å². The number of esters is 1. The van der Waals surface area contributed by atoms with E-state index < -0.39 is 18.0 Å². The molecule has 7 heteroatoms. The largest absolute Gasteiger partial charge is 0.449 e.